The second kappa shape index (κ2) is 6.37. The second-order valence-electron chi connectivity index (χ2n) is 5.64. The number of rotatable bonds is 6. The lowest BCUT2D eigenvalue weighted by Crippen LogP contribution is -2.34. The van der Waals surface area contributed by atoms with Crippen LogP contribution in [0.3, 0.4) is 0 Å². The molecule has 2 heterocycles. The normalized spacial score (nSPS) is 21.8. The lowest BCUT2D eigenvalue weighted by molar-refractivity contribution is 0.117. The Kier molecular flexibility index (Phi) is 4.31. The Morgan fingerprint density at radius 2 is 2.14 bits per heavy atom. The van der Waals surface area contributed by atoms with Gasteiger partial charge in [0.1, 0.15) is 0 Å². The standard InChI is InChI=1S/C16H21N3O2/c1-20-12-16(9-10-17-11-16)15-18-14(19-21-15)8-7-13-5-3-2-4-6-13/h2-6,17H,7-12H2,1H3. The van der Waals surface area contributed by atoms with E-state index in [0.29, 0.717) is 12.5 Å². The average Bonchev–Trinajstić information content (AvgIpc) is 3.16. The van der Waals surface area contributed by atoms with Crippen molar-refractivity contribution in [3.05, 3.63) is 47.6 Å². The predicted molar refractivity (Wildman–Crippen MR) is 79.2 cm³/mol. The lowest BCUT2D eigenvalue weighted by atomic mass is 9.88. The van der Waals surface area contributed by atoms with Crippen molar-refractivity contribution in [3.63, 3.8) is 0 Å². The number of nitrogens with one attached hydrogen (secondary N) is 1. The summed E-state index contributed by atoms with van der Waals surface area (Å²) in [6, 6.07) is 10.4. The number of hydrogen-bond acceptors (Lipinski definition) is 5. The molecular formula is C16H21N3O2. The Labute approximate surface area is 124 Å². The third-order valence-electron chi connectivity index (χ3n) is 4.07. The number of benzene rings is 1. The Morgan fingerprint density at radius 1 is 1.29 bits per heavy atom. The average molecular weight is 287 g/mol. The van der Waals surface area contributed by atoms with E-state index in [1.807, 2.05) is 6.07 Å². The van der Waals surface area contributed by atoms with Gasteiger partial charge in [-0.1, -0.05) is 35.5 Å². The van der Waals surface area contributed by atoms with Gasteiger partial charge in [-0.3, -0.25) is 0 Å². The molecule has 0 spiro atoms. The Morgan fingerprint density at radius 3 is 2.86 bits per heavy atom. The number of hydrogen-bond donors (Lipinski definition) is 1. The van der Waals surface area contributed by atoms with Gasteiger partial charge in [0, 0.05) is 20.1 Å². The van der Waals surface area contributed by atoms with Crippen LogP contribution in [0.25, 0.3) is 0 Å². The highest BCUT2D eigenvalue weighted by atomic mass is 16.5. The largest absolute Gasteiger partial charge is 0.384 e. The Hall–Kier alpha value is -1.72. The summed E-state index contributed by atoms with van der Waals surface area (Å²) in [5, 5.41) is 7.49. The lowest BCUT2D eigenvalue weighted by Gasteiger charge is -2.22. The quantitative estimate of drug-likeness (QED) is 0.877. The molecule has 0 saturated carbocycles. The maximum atomic E-state index is 5.51. The van der Waals surface area contributed by atoms with E-state index in [1.165, 1.54) is 5.56 Å². The molecule has 5 heteroatoms. The summed E-state index contributed by atoms with van der Waals surface area (Å²) in [5.74, 6) is 1.48. The zero-order valence-electron chi connectivity index (χ0n) is 12.3. The summed E-state index contributed by atoms with van der Waals surface area (Å²) >= 11 is 0. The van der Waals surface area contributed by atoms with E-state index in [9.17, 15) is 0 Å². The van der Waals surface area contributed by atoms with Gasteiger partial charge in [-0.15, -0.1) is 0 Å². The van der Waals surface area contributed by atoms with Crippen LogP contribution in [0.1, 0.15) is 23.7 Å². The van der Waals surface area contributed by atoms with E-state index in [0.717, 1.165) is 38.2 Å². The summed E-state index contributed by atoms with van der Waals surface area (Å²) in [4.78, 5) is 4.60. The predicted octanol–water partition coefficient (Wildman–Crippen LogP) is 1.73. The van der Waals surface area contributed by atoms with E-state index in [2.05, 4.69) is 39.7 Å². The fourth-order valence-electron chi connectivity index (χ4n) is 2.86. The highest BCUT2D eigenvalue weighted by molar-refractivity contribution is 5.16. The molecule has 0 amide bonds. The number of aromatic nitrogens is 2. The highest BCUT2D eigenvalue weighted by Gasteiger charge is 2.41. The van der Waals surface area contributed by atoms with E-state index < -0.39 is 0 Å². The van der Waals surface area contributed by atoms with Crippen molar-refractivity contribution in [2.24, 2.45) is 0 Å². The van der Waals surface area contributed by atoms with Crippen LogP contribution in [0.4, 0.5) is 0 Å². The van der Waals surface area contributed by atoms with Crippen LogP contribution in [-0.4, -0.2) is 36.9 Å². The van der Waals surface area contributed by atoms with Crippen LogP contribution >= 0.6 is 0 Å². The minimum atomic E-state index is -0.160. The summed E-state index contributed by atoms with van der Waals surface area (Å²) in [6.07, 6.45) is 2.69. The number of methoxy groups -OCH3 is 1. The summed E-state index contributed by atoms with van der Waals surface area (Å²) in [7, 11) is 1.72. The van der Waals surface area contributed by atoms with Gasteiger partial charge in [0.05, 0.1) is 12.0 Å². The van der Waals surface area contributed by atoms with Crippen molar-refractivity contribution in [2.45, 2.75) is 24.7 Å². The minimum absolute atomic E-state index is 0.160. The fraction of sp³-hybridized carbons (Fsp3) is 0.500. The van der Waals surface area contributed by atoms with Crippen LogP contribution < -0.4 is 5.32 Å². The molecule has 1 N–H and O–H groups in total. The van der Waals surface area contributed by atoms with Crippen LogP contribution in [0.5, 0.6) is 0 Å². The topological polar surface area (TPSA) is 60.2 Å². The summed E-state index contributed by atoms with van der Waals surface area (Å²) in [5.41, 5.74) is 1.13. The molecular weight excluding hydrogens is 266 g/mol. The van der Waals surface area contributed by atoms with Gasteiger partial charge >= 0.3 is 0 Å². The third-order valence-corrected chi connectivity index (χ3v) is 4.07. The molecule has 1 fully saturated rings. The van der Waals surface area contributed by atoms with Gasteiger partial charge in [0.2, 0.25) is 5.89 Å². The van der Waals surface area contributed by atoms with E-state index in [1.54, 1.807) is 7.11 Å². The SMILES string of the molecule is COCC1(c2nc(CCc3ccccc3)no2)CCNC1. The minimum Gasteiger partial charge on any atom is -0.384 e. The molecule has 0 radical (unpaired) electrons. The molecule has 0 aliphatic carbocycles. The molecule has 1 saturated heterocycles. The van der Waals surface area contributed by atoms with Gasteiger partial charge in [-0.05, 0) is 24.9 Å². The van der Waals surface area contributed by atoms with Crippen molar-refractivity contribution >= 4 is 0 Å². The number of aryl methyl sites for hydroxylation is 2. The Balaban J connectivity index is 1.68. The molecule has 1 aliphatic rings. The van der Waals surface area contributed by atoms with Crippen LogP contribution in [-0.2, 0) is 23.0 Å². The van der Waals surface area contributed by atoms with Gasteiger partial charge in [0.15, 0.2) is 5.82 Å². The van der Waals surface area contributed by atoms with Crippen molar-refractivity contribution in [1.82, 2.24) is 15.5 Å². The van der Waals surface area contributed by atoms with Crippen LogP contribution in [0.2, 0.25) is 0 Å². The van der Waals surface area contributed by atoms with Crippen LogP contribution in [0.15, 0.2) is 34.9 Å². The zero-order chi connectivity index (χ0) is 14.5. The first-order chi connectivity index (χ1) is 10.3. The van der Waals surface area contributed by atoms with Gasteiger partial charge < -0.3 is 14.6 Å². The summed E-state index contributed by atoms with van der Waals surface area (Å²) < 4.78 is 10.9. The first-order valence-corrected chi connectivity index (χ1v) is 7.39. The summed E-state index contributed by atoms with van der Waals surface area (Å²) in [6.45, 7) is 2.41. The molecule has 1 aliphatic heterocycles. The van der Waals surface area contributed by atoms with E-state index in [-0.39, 0.29) is 5.41 Å². The van der Waals surface area contributed by atoms with Gasteiger partial charge in [-0.2, -0.15) is 4.98 Å². The second-order valence-corrected chi connectivity index (χ2v) is 5.64. The van der Waals surface area contributed by atoms with Gasteiger partial charge in [0.25, 0.3) is 0 Å². The molecule has 2 aromatic rings. The number of ether oxygens (including phenoxy) is 1. The molecule has 21 heavy (non-hydrogen) atoms. The van der Waals surface area contributed by atoms with Crippen molar-refractivity contribution in [2.75, 3.05) is 26.8 Å². The van der Waals surface area contributed by atoms with Crippen molar-refractivity contribution in [3.8, 4) is 0 Å². The maximum Gasteiger partial charge on any atom is 0.236 e. The third kappa shape index (κ3) is 3.14. The molecule has 1 aromatic heterocycles. The fourth-order valence-corrected chi connectivity index (χ4v) is 2.86. The molecule has 1 aromatic carbocycles. The molecule has 112 valence electrons. The molecule has 1 atom stereocenters. The monoisotopic (exact) mass is 287 g/mol. The first-order valence-electron chi connectivity index (χ1n) is 7.39. The Bertz CT molecular complexity index is 562. The molecule has 3 rings (SSSR count). The first kappa shape index (κ1) is 14.2. The molecule has 0 bridgehead atoms. The number of nitrogens with zero attached hydrogens (tertiary/aromatic N) is 2. The zero-order valence-corrected chi connectivity index (χ0v) is 12.3. The maximum absolute atomic E-state index is 5.51. The van der Waals surface area contributed by atoms with Crippen molar-refractivity contribution < 1.29 is 9.26 Å². The van der Waals surface area contributed by atoms with Crippen molar-refractivity contribution in [1.29, 1.82) is 0 Å². The van der Waals surface area contributed by atoms with E-state index >= 15 is 0 Å². The van der Waals surface area contributed by atoms with Crippen LogP contribution in [0, 0.1) is 0 Å². The van der Waals surface area contributed by atoms with E-state index in [4.69, 9.17) is 9.26 Å². The van der Waals surface area contributed by atoms with Gasteiger partial charge in [-0.25, -0.2) is 0 Å². The smallest absolute Gasteiger partial charge is 0.236 e. The molecule has 5 nitrogen and oxygen atoms in total. The highest BCUT2D eigenvalue weighted by Crippen LogP contribution is 2.29. The molecule has 1 unspecified atom stereocenters.